The number of fused-ring (bicyclic) bond motifs is 2. The van der Waals surface area contributed by atoms with Crippen LogP contribution in [0.4, 0.5) is 0 Å². The zero-order valence-corrected chi connectivity index (χ0v) is 18.3. The highest BCUT2D eigenvalue weighted by Gasteiger charge is 2.34. The first-order chi connectivity index (χ1) is 14.5. The van der Waals surface area contributed by atoms with Crippen LogP contribution in [0.2, 0.25) is 0 Å². The summed E-state index contributed by atoms with van der Waals surface area (Å²) in [5.41, 5.74) is 3.61. The Morgan fingerprint density at radius 2 is 1.93 bits per heavy atom. The molecule has 1 aliphatic heterocycles. The fourth-order valence-corrected chi connectivity index (χ4v) is 4.47. The van der Waals surface area contributed by atoms with E-state index in [0.29, 0.717) is 12.1 Å². The van der Waals surface area contributed by atoms with Gasteiger partial charge in [0.2, 0.25) is 5.91 Å². The standard InChI is InChI=1S/C23H26N4O2S/c1-15(27-14-16-8-4-5-9-17(16)23(27)29)22(28)25-19(12-13-30-3)21-24-18-10-6-7-11-20(18)26(21)2/h4-11,15,19H,12-14H2,1-3H3,(H,25,28)/t15-,19-/m0/s1. The maximum Gasteiger partial charge on any atom is 0.255 e. The van der Waals surface area contributed by atoms with E-state index in [-0.39, 0.29) is 17.9 Å². The lowest BCUT2D eigenvalue weighted by molar-refractivity contribution is -0.126. The van der Waals surface area contributed by atoms with Crippen molar-refractivity contribution in [3.8, 4) is 0 Å². The van der Waals surface area contributed by atoms with E-state index in [1.54, 1.807) is 23.6 Å². The molecule has 0 saturated carbocycles. The topological polar surface area (TPSA) is 67.2 Å². The summed E-state index contributed by atoms with van der Waals surface area (Å²) < 4.78 is 2.04. The van der Waals surface area contributed by atoms with Crippen LogP contribution in [0.15, 0.2) is 48.5 Å². The lowest BCUT2D eigenvalue weighted by atomic mass is 10.1. The number of benzene rings is 2. The van der Waals surface area contributed by atoms with E-state index >= 15 is 0 Å². The van der Waals surface area contributed by atoms with Crippen molar-refractivity contribution in [2.45, 2.75) is 32.0 Å². The van der Waals surface area contributed by atoms with E-state index in [1.807, 2.05) is 60.1 Å². The Morgan fingerprint density at radius 1 is 1.20 bits per heavy atom. The van der Waals surface area contributed by atoms with Gasteiger partial charge in [0.25, 0.3) is 5.91 Å². The number of hydrogen-bond acceptors (Lipinski definition) is 4. The number of nitrogens with zero attached hydrogens (tertiary/aromatic N) is 3. The summed E-state index contributed by atoms with van der Waals surface area (Å²) in [6.45, 7) is 2.25. The van der Waals surface area contributed by atoms with Crippen LogP contribution in [0.5, 0.6) is 0 Å². The van der Waals surface area contributed by atoms with Crippen LogP contribution in [-0.4, -0.2) is 44.3 Å². The highest BCUT2D eigenvalue weighted by Crippen LogP contribution is 2.26. The summed E-state index contributed by atoms with van der Waals surface area (Å²) in [7, 11) is 1.98. The van der Waals surface area contributed by atoms with E-state index in [1.165, 1.54) is 0 Å². The van der Waals surface area contributed by atoms with Gasteiger partial charge in [-0.2, -0.15) is 11.8 Å². The third-order valence-corrected chi connectivity index (χ3v) is 6.40. The minimum absolute atomic E-state index is 0.0864. The van der Waals surface area contributed by atoms with Crippen molar-refractivity contribution in [1.82, 2.24) is 19.8 Å². The number of rotatable bonds is 7. The highest BCUT2D eigenvalue weighted by atomic mass is 32.2. The molecule has 156 valence electrons. The fraction of sp³-hybridized carbons (Fsp3) is 0.348. The number of thioether (sulfide) groups is 1. The number of hydrogen-bond donors (Lipinski definition) is 1. The van der Waals surface area contributed by atoms with Gasteiger partial charge in [0.05, 0.1) is 17.1 Å². The molecule has 0 bridgehead atoms. The molecule has 0 saturated heterocycles. The zero-order valence-electron chi connectivity index (χ0n) is 17.5. The number of aromatic nitrogens is 2. The quantitative estimate of drug-likeness (QED) is 0.633. The van der Waals surface area contributed by atoms with Gasteiger partial charge in [-0.25, -0.2) is 4.98 Å². The molecule has 2 aromatic carbocycles. The fourth-order valence-electron chi connectivity index (χ4n) is 4.00. The number of aryl methyl sites for hydroxylation is 1. The van der Waals surface area contributed by atoms with Gasteiger partial charge in [-0.1, -0.05) is 30.3 Å². The molecule has 4 rings (SSSR count). The van der Waals surface area contributed by atoms with Gasteiger partial charge in [0.15, 0.2) is 0 Å². The maximum absolute atomic E-state index is 13.2. The maximum atomic E-state index is 13.2. The number of nitrogens with one attached hydrogen (secondary N) is 1. The van der Waals surface area contributed by atoms with E-state index in [9.17, 15) is 9.59 Å². The van der Waals surface area contributed by atoms with Gasteiger partial charge in [0, 0.05) is 19.2 Å². The molecular weight excluding hydrogens is 396 g/mol. The minimum Gasteiger partial charge on any atom is -0.344 e. The molecule has 6 nitrogen and oxygen atoms in total. The molecule has 3 aromatic rings. The lowest BCUT2D eigenvalue weighted by Gasteiger charge is -2.26. The predicted molar refractivity (Wildman–Crippen MR) is 120 cm³/mol. The minimum atomic E-state index is -0.559. The second-order valence-electron chi connectivity index (χ2n) is 7.63. The van der Waals surface area contributed by atoms with Gasteiger partial charge < -0.3 is 14.8 Å². The predicted octanol–water partition coefficient (Wildman–Crippen LogP) is 3.53. The van der Waals surface area contributed by atoms with Crippen LogP contribution in [0.3, 0.4) is 0 Å². The summed E-state index contributed by atoms with van der Waals surface area (Å²) >= 11 is 1.74. The Balaban J connectivity index is 1.55. The lowest BCUT2D eigenvalue weighted by Crippen LogP contribution is -2.46. The van der Waals surface area contributed by atoms with Gasteiger partial charge in [-0.15, -0.1) is 0 Å². The summed E-state index contributed by atoms with van der Waals surface area (Å²) in [4.78, 5) is 32.3. The van der Waals surface area contributed by atoms with E-state index in [4.69, 9.17) is 4.98 Å². The van der Waals surface area contributed by atoms with Crippen molar-refractivity contribution < 1.29 is 9.59 Å². The Morgan fingerprint density at radius 3 is 2.67 bits per heavy atom. The van der Waals surface area contributed by atoms with Crippen molar-refractivity contribution in [2.75, 3.05) is 12.0 Å². The van der Waals surface area contributed by atoms with Crippen molar-refractivity contribution >= 4 is 34.6 Å². The molecule has 1 N–H and O–H groups in total. The Labute approximate surface area is 180 Å². The third kappa shape index (κ3) is 3.69. The first-order valence-corrected chi connectivity index (χ1v) is 11.5. The molecule has 7 heteroatoms. The second-order valence-corrected chi connectivity index (χ2v) is 8.61. The second kappa shape index (κ2) is 8.52. The van der Waals surface area contributed by atoms with E-state index in [2.05, 4.69) is 11.6 Å². The molecule has 0 unspecified atom stereocenters. The van der Waals surface area contributed by atoms with Crippen LogP contribution in [0.25, 0.3) is 11.0 Å². The van der Waals surface area contributed by atoms with Gasteiger partial charge >= 0.3 is 0 Å². The average Bonchev–Trinajstić information content (AvgIpc) is 3.28. The molecular formula is C23H26N4O2S. The molecule has 2 heterocycles. The third-order valence-electron chi connectivity index (χ3n) is 5.76. The number of amides is 2. The SMILES string of the molecule is CSCC[C@H](NC(=O)[C@H](C)N1Cc2ccccc2C1=O)c1nc2ccccc2n1C. The summed E-state index contributed by atoms with van der Waals surface area (Å²) in [6.07, 6.45) is 2.82. The summed E-state index contributed by atoms with van der Waals surface area (Å²) in [5, 5.41) is 3.16. The molecule has 1 aromatic heterocycles. The normalized spacial score (nSPS) is 15.3. The van der Waals surface area contributed by atoms with E-state index < -0.39 is 6.04 Å². The molecule has 0 spiro atoms. The zero-order chi connectivity index (χ0) is 21.3. The van der Waals surface area contributed by atoms with Gasteiger partial charge in [-0.3, -0.25) is 9.59 Å². The summed E-state index contributed by atoms with van der Waals surface area (Å²) in [6, 6.07) is 14.7. The van der Waals surface area contributed by atoms with Crippen molar-refractivity contribution in [2.24, 2.45) is 7.05 Å². The van der Waals surface area contributed by atoms with Gasteiger partial charge in [-0.05, 0) is 49.1 Å². The Kier molecular flexibility index (Phi) is 5.81. The van der Waals surface area contributed by atoms with Crippen LogP contribution < -0.4 is 5.32 Å². The Hall–Kier alpha value is -2.80. The van der Waals surface area contributed by atoms with Crippen molar-refractivity contribution in [3.63, 3.8) is 0 Å². The van der Waals surface area contributed by atoms with Crippen molar-refractivity contribution in [3.05, 3.63) is 65.5 Å². The Bertz CT molecular complexity index is 1090. The molecule has 30 heavy (non-hydrogen) atoms. The number of para-hydroxylation sites is 2. The highest BCUT2D eigenvalue weighted by molar-refractivity contribution is 7.98. The van der Waals surface area contributed by atoms with Crippen LogP contribution >= 0.6 is 11.8 Å². The molecule has 0 radical (unpaired) electrons. The molecule has 2 amide bonds. The largest absolute Gasteiger partial charge is 0.344 e. The summed E-state index contributed by atoms with van der Waals surface area (Å²) in [5.74, 6) is 1.49. The molecule has 2 atom stereocenters. The number of carbonyl (C=O) groups excluding carboxylic acids is 2. The van der Waals surface area contributed by atoms with Crippen LogP contribution in [0.1, 0.15) is 41.1 Å². The monoisotopic (exact) mass is 422 g/mol. The molecule has 0 fully saturated rings. The number of carbonyl (C=O) groups is 2. The number of imidazole rings is 1. The molecule has 1 aliphatic rings. The average molecular weight is 423 g/mol. The first-order valence-electron chi connectivity index (χ1n) is 10.1. The van der Waals surface area contributed by atoms with Crippen LogP contribution in [-0.2, 0) is 18.4 Å². The van der Waals surface area contributed by atoms with E-state index in [0.717, 1.165) is 34.6 Å². The van der Waals surface area contributed by atoms with Crippen molar-refractivity contribution in [1.29, 1.82) is 0 Å². The first kappa shape index (κ1) is 20.5. The van der Waals surface area contributed by atoms with Gasteiger partial charge in [0.1, 0.15) is 11.9 Å². The molecule has 0 aliphatic carbocycles. The van der Waals surface area contributed by atoms with Crippen LogP contribution in [0, 0.1) is 0 Å². The smallest absolute Gasteiger partial charge is 0.255 e.